The zero-order valence-electron chi connectivity index (χ0n) is 12.8. The number of sulfonamides is 1. The lowest BCUT2D eigenvalue weighted by Gasteiger charge is -2.25. The molecule has 1 aromatic rings. The van der Waals surface area contributed by atoms with Gasteiger partial charge in [-0.15, -0.1) is 0 Å². The molecule has 0 spiro atoms. The molecule has 5 nitrogen and oxygen atoms in total. The summed E-state index contributed by atoms with van der Waals surface area (Å²) >= 11 is 3.21. The molecule has 0 saturated heterocycles. The topological polar surface area (TPSA) is 85.1 Å². The average molecular weight is 378 g/mol. The van der Waals surface area contributed by atoms with Crippen molar-refractivity contribution in [3.8, 4) is 0 Å². The van der Waals surface area contributed by atoms with Crippen LogP contribution in [0.4, 0.5) is 5.82 Å². The van der Waals surface area contributed by atoms with Crippen molar-refractivity contribution in [1.29, 1.82) is 0 Å². The molecule has 0 aromatic carbocycles. The molecule has 0 fully saturated rings. The number of rotatable bonds is 8. The average Bonchev–Trinajstić information content (AvgIpc) is 2.40. The maximum Gasteiger partial charge on any atom is 0.244 e. The zero-order valence-corrected chi connectivity index (χ0v) is 15.2. The third-order valence-corrected chi connectivity index (χ3v) is 5.20. The number of nitrogens with zero attached hydrogens (tertiary/aromatic N) is 1. The Labute approximate surface area is 135 Å². The van der Waals surface area contributed by atoms with Crippen molar-refractivity contribution in [2.75, 3.05) is 12.3 Å². The van der Waals surface area contributed by atoms with Gasteiger partial charge < -0.3 is 5.73 Å². The van der Waals surface area contributed by atoms with E-state index >= 15 is 0 Å². The quantitative estimate of drug-likeness (QED) is 0.680. The summed E-state index contributed by atoms with van der Waals surface area (Å²) < 4.78 is 27.9. The molecule has 3 N–H and O–H groups in total. The molecule has 1 heterocycles. The monoisotopic (exact) mass is 377 g/mol. The Kier molecular flexibility index (Phi) is 6.62. The Morgan fingerprint density at radius 2 is 2.05 bits per heavy atom. The van der Waals surface area contributed by atoms with Crippen molar-refractivity contribution in [1.82, 2.24) is 9.71 Å². The molecule has 0 amide bonds. The summed E-state index contributed by atoms with van der Waals surface area (Å²) in [6, 6.07) is 1.47. The summed E-state index contributed by atoms with van der Waals surface area (Å²) in [7, 11) is -3.64. The molecule has 0 bridgehead atoms. The molecule has 0 aliphatic carbocycles. The van der Waals surface area contributed by atoms with Crippen LogP contribution in [-0.2, 0) is 10.0 Å². The molecule has 0 atom stereocenters. The Hall–Kier alpha value is -0.660. The van der Waals surface area contributed by atoms with Gasteiger partial charge in [-0.2, -0.15) is 0 Å². The largest absolute Gasteiger partial charge is 0.383 e. The van der Waals surface area contributed by atoms with Crippen LogP contribution in [0, 0.1) is 5.41 Å². The molecule has 1 aromatic heterocycles. The zero-order chi connectivity index (χ0) is 16.1. The smallest absolute Gasteiger partial charge is 0.244 e. The van der Waals surface area contributed by atoms with E-state index in [1.165, 1.54) is 18.7 Å². The van der Waals surface area contributed by atoms with E-state index in [-0.39, 0.29) is 16.1 Å². The van der Waals surface area contributed by atoms with Crippen LogP contribution in [0.1, 0.15) is 46.5 Å². The van der Waals surface area contributed by atoms with E-state index in [1.54, 1.807) is 0 Å². The molecule has 0 aliphatic heterocycles. The lowest BCUT2D eigenvalue weighted by atomic mass is 9.87. The van der Waals surface area contributed by atoms with Crippen molar-refractivity contribution in [2.45, 2.75) is 51.3 Å². The number of nitrogens with two attached hydrogens (primary N) is 1. The van der Waals surface area contributed by atoms with E-state index in [0.717, 1.165) is 19.3 Å². The summed E-state index contributed by atoms with van der Waals surface area (Å²) in [5.74, 6) is 0.00879. The Morgan fingerprint density at radius 1 is 1.38 bits per heavy atom. The minimum atomic E-state index is -3.64. The number of pyridine rings is 1. The van der Waals surface area contributed by atoms with Gasteiger partial charge >= 0.3 is 0 Å². The molecule has 1 rings (SSSR count). The second-order valence-electron chi connectivity index (χ2n) is 5.98. The van der Waals surface area contributed by atoms with E-state index in [1.807, 2.05) is 0 Å². The summed E-state index contributed by atoms with van der Waals surface area (Å²) in [4.78, 5) is 3.88. The van der Waals surface area contributed by atoms with Gasteiger partial charge in [0.2, 0.25) is 10.0 Å². The predicted molar refractivity (Wildman–Crippen MR) is 89.5 cm³/mol. The lowest BCUT2D eigenvalue weighted by Crippen LogP contribution is -2.34. The van der Waals surface area contributed by atoms with Crippen LogP contribution in [0.2, 0.25) is 0 Å². The maximum absolute atomic E-state index is 12.3. The highest BCUT2D eigenvalue weighted by molar-refractivity contribution is 9.10. The minimum Gasteiger partial charge on any atom is -0.383 e. The molecule has 120 valence electrons. The number of anilines is 1. The third-order valence-electron chi connectivity index (χ3n) is 3.34. The number of hydrogen-bond donors (Lipinski definition) is 2. The molecule has 21 heavy (non-hydrogen) atoms. The van der Waals surface area contributed by atoms with E-state index in [0.29, 0.717) is 11.0 Å². The minimum absolute atomic E-state index is 0.00879. The van der Waals surface area contributed by atoms with Crippen LogP contribution in [0.3, 0.4) is 0 Å². The number of hydrogen-bond acceptors (Lipinski definition) is 4. The van der Waals surface area contributed by atoms with Gasteiger partial charge in [0.25, 0.3) is 0 Å². The van der Waals surface area contributed by atoms with E-state index < -0.39 is 10.0 Å². The second kappa shape index (κ2) is 7.56. The fraction of sp³-hybridized carbons (Fsp3) is 0.643. The number of nitrogens with one attached hydrogen (secondary N) is 1. The Bertz CT molecular complexity index is 574. The Morgan fingerprint density at radius 3 is 2.67 bits per heavy atom. The van der Waals surface area contributed by atoms with E-state index in [9.17, 15) is 8.42 Å². The van der Waals surface area contributed by atoms with Gasteiger partial charge in [-0.25, -0.2) is 18.1 Å². The van der Waals surface area contributed by atoms with Crippen molar-refractivity contribution in [2.24, 2.45) is 5.41 Å². The number of halogens is 1. The highest BCUT2D eigenvalue weighted by Gasteiger charge is 2.24. The third kappa shape index (κ3) is 5.92. The Balaban J connectivity index is 2.75. The van der Waals surface area contributed by atoms with Gasteiger partial charge in [-0.3, -0.25) is 0 Å². The predicted octanol–water partition coefficient (Wildman–Crippen LogP) is 3.31. The molecular formula is C14H24BrN3O2S. The van der Waals surface area contributed by atoms with Crippen LogP contribution in [-0.4, -0.2) is 19.9 Å². The number of unbranched alkanes of at least 4 members (excludes halogenated alkanes) is 2. The molecule has 7 heteroatoms. The lowest BCUT2D eigenvalue weighted by molar-refractivity contribution is 0.320. The second-order valence-corrected chi connectivity index (χ2v) is 8.63. The normalized spacial score (nSPS) is 12.6. The first-order valence-corrected chi connectivity index (χ1v) is 9.36. The van der Waals surface area contributed by atoms with Crippen molar-refractivity contribution < 1.29 is 8.42 Å². The molecular weight excluding hydrogens is 354 g/mol. The first-order valence-electron chi connectivity index (χ1n) is 7.08. The fourth-order valence-corrected chi connectivity index (χ4v) is 3.79. The first kappa shape index (κ1) is 18.4. The number of aromatic nitrogens is 1. The van der Waals surface area contributed by atoms with Gasteiger partial charge in [0.1, 0.15) is 10.7 Å². The highest BCUT2D eigenvalue weighted by atomic mass is 79.9. The van der Waals surface area contributed by atoms with E-state index in [4.69, 9.17) is 5.73 Å². The van der Waals surface area contributed by atoms with Crippen molar-refractivity contribution in [3.63, 3.8) is 0 Å². The number of nitrogen functional groups attached to an aromatic ring is 1. The molecule has 0 unspecified atom stereocenters. The standard InChI is InChI=1S/C14H24BrN3O2S/c1-4-5-6-7-14(2,3)10-18-21(19,20)12-8-11(15)9-17-13(12)16/h8-9,18H,4-7,10H2,1-3H3,(H2,16,17). The SMILES string of the molecule is CCCCCC(C)(C)CNS(=O)(=O)c1cc(Br)cnc1N. The van der Waals surface area contributed by atoms with E-state index in [2.05, 4.69) is 46.4 Å². The van der Waals surface area contributed by atoms with Crippen molar-refractivity contribution >= 4 is 31.8 Å². The molecule has 0 aliphatic rings. The highest BCUT2D eigenvalue weighted by Crippen LogP contribution is 2.25. The summed E-state index contributed by atoms with van der Waals surface area (Å²) in [5.41, 5.74) is 5.58. The van der Waals surface area contributed by atoms with Crippen LogP contribution in [0.15, 0.2) is 21.6 Å². The molecule has 0 radical (unpaired) electrons. The van der Waals surface area contributed by atoms with Gasteiger partial charge in [-0.05, 0) is 33.8 Å². The van der Waals surface area contributed by atoms with Gasteiger partial charge in [0, 0.05) is 17.2 Å². The first-order chi connectivity index (χ1) is 9.68. The fourth-order valence-electron chi connectivity index (χ4n) is 1.96. The van der Waals surface area contributed by atoms with Crippen LogP contribution in [0.5, 0.6) is 0 Å². The van der Waals surface area contributed by atoms with Crippen molar-refractivity contribution in [3.05, 3.63) is 16.7 Å². The van der Waals surface area contributed by atoms with Crippen LogP contribution < -0.4 is 10.5 Å². The van der Waals surface area contributed by atoms with Gasteiger partial charge in [0.05, 0.1) is 0 Å². The molecule has 0 saturated carbocycles. The summed E-state index contributed by atoms with van der Waals surface area (Å²) in [6.45, 7) is 6.66. The van der Waals surface area contributed by atoms with Crippen LogP contribution in [0.25, 0.3) is 0 Å². The summed E-state index contributed by atoms with van der Waals surface area (Å²) in [6.07, 6.45) is 5.88. The van der Waals surface area contributed by atoms with Gasteiger partial charge in [0.15, 0.2) is 0 Å². The summed E-state index contributed by atoms with van der Waals surface area (Å²) in [5, 5.41) is 0. The maximum atomic E-state index is 12.3. The van der Waals surface area contributed by atoms with Crippen LogP contribution >= 0.6 is 15.9 Å². The van der Waals surface area contributed by atoms with Gasteiger partial charge in [-0.1, -0.05) is 40.0 Å².